The van der Waals surface area contributed by atoms with Crippen molar-refractivity contribution in [3.63, 3.8) is 0 Å². The molecule has 0 bridgehead atoms. The van der Waals surface area contributed by atoms with E-state index in [1.165, 1.54) is 7.11 Å². The Labute approximate surface area is 99.9 Å². The topological polar surface area (TPSA) is 35.5 Å². The lowest BCUT2D eigenvalue weighted by atomic mass is 10.2. The maximum absolute atomic E-state index is 11.1. The molecule has 0 aliphatic heterocycles. The standard InChI is InChI=1S/C13H16O3/c1-11(8-13(14)15-2)9-16-10-12-6-4-3-5-7-12/h3-8H,9-10H2,1-2H3/b11-8-/i1D3. The molecule has 0 radical (unpaired) electrons. The van der Waals surface area contributed by atoms with E-state index in [0.717, 1.165) is 11.6 Å². The number of esters is 1. The van der Waals surface area contributed by atoms with Crippen molar-refractivity contribution < 1.29 is 18.4 Å². The fraction of sp³-hybridized carbons (Fsp3) is 0.308. The summed E-state index contributed by atoms with van der Waals surface area (Å²) in [5.41, 5.74) is 0.862. The third-order valence-electron chi connectivity index (χ3n) is 1.86. The van der Waals surface area contributed by atoms with E-state index in [1.54, 1.807) is 0 Å². The second kappa shape index (κ2) is 6.80. The number of ether oxygens (including phenoxy) is 2. The van der Waals surface area contributed by atoms with E-state index < -0.39 is 12.8 Å². The lowest BCUT2D eigenvalue weighted by Gasteiger charge is -2.04. The molecule has 16 heavy (non-hydrogen) atoms. The minimum absolute atomic E-state index is 0.0738. The Hall–Kier alpha value is -1.61. The van der Waals surface area contributed by atoms with Gasteiger partial charge in [0.2, 0.25) is 0 Å². The fourth-order valence-corrected chi connectivity index (χ4v) is 1.10. The van der Waals surface area contributed by atoms with Gasteiger partial charge in [0.1, 0.15) is 0 Å². The Kier molecular flexibility index (Phi) is 3.62. The number of methoxy groups -OCH3 is 1. The molecule has 3 heteroatoms. The van der Waals surface area contributed by atoms with Gasteiger partial charge >= 0.3 is 5.97 Å². The van der Waals surface area contributed by atoms with E-state index in [2.05, 4.69) is 4.74 Å². The van der Waals surface area contributed by atoms with E-state index >= 15 is 0 Å². The molecule has 1 aromatic rings. The van der Waals surface area contributed by atoms with Crippen LogP contribution in [0.2, 0.25) is 0 Å². The smallest absolute Gasteiger partial charge is 0.330 e. The molecule has 0 aromatic heterocycles. The molecule has 1 rings (SSSR count). The second-order valence-electron chi connectivity index (χ2n) is 3.17. The average Bonchev–Trinajstić information content (AvgIpc) is 2.37. The summed E-state index contributed by atoms with van der Waals surface area (Å²) in [5, 5.41) is 0. The van der Waals surface area contributed by atoms with E-state index in [9.17, 15) is 4.79 Å². The first-order chi connectivity index (χ1) is 8.93. The van der Waals surface area contributed by atoms with E-state index in [0.29, 0.717) is 0 Å². The first kappa shape index (κ1) is 8.53. The lowest BCUT2D eigenvalue weighted by Crippen LogP contribution is -2.01. The molecule has 0 amide bonds. The molecule has 0 atom stereocenters. The largest absolute Gasteiger partial charge is 0.466 e. The van der Waals surface area contributed by atoms with Crippen molar-refractivity contribution in [1.82, 2.24) is 0 Å². The normalized spacial score (nSPS) is 14.8. The summed E-state index contributed by atoms with van der Waals surface area (Å²) in [7, 11) is 1.20. The minimum Gasteiger partial charge on any atom is -0.466 e. The molecule has 1 aromatic carbocycles. The molecule has 0 spiro atoms. The second-order valence-corrected chi connectivity index (χ2v) is 3.17. The van der Waals surface area contributed by atoms with Gasteiger partial charge in [-0.05, 0) is 18.0 Å². The first-order valence-corrected chi connectivity index (χ1v) is 4.84. The zero-order valence-corrected chi connectivity index (χ0v) is 9.10. The number of rotatable bonds is 5. The molecule has 0 heterocycles. The zero-order chi connectivity index (χ0) is 14.3. The van der Waals surface area contributed by atoms with Crippen molar-refractivity contribution in [2.24, 2.45) is 0 Å². The maximum atomic E-state index is 11.1. The van der Waals surface area contributed by atoms with Gasteiger partial charge in [0.25, 0.3) is 0 Å². The summed E-state index contributed by atoms with van der Waals surface area (Å²) in [6, 6.07) is 9.37. The summed E-state index contributed by atoms with van der Waals surface area (Å²) >= 11 is 0. The van der Waals surface area contributed by atoms with Gasteiger partial charge < -0.3 is 9.47 Å². The van der Waals surface area contributed by atoms with Crippen LogP contribution in [0, 0.1) is 0 Å². The summed E-state index contributed by atoms with van der Waals surface area (Å²) in [4.78, 5) is 11.1. The van der Waals surface area contributed by atoms with Crippen LogP contribution in [0.25, 0.3) is 0 Å². The summed E-state index contributed by atoms with van der Waals surface area (Å²) in [6.45, 7) is -2.22. The molecule has 86 valence electrons. The number of hydrogen-bond acceptors (Lipinski definition) is 3. The highest BCUT2D eigenvalue weighted by Crippen LogP contribution is 2.02. The van der Waals surface area contributed by atoms with Crippen molar-refractivity contribution in [2.75, 3.05) is 13.7 Å². The van der Waals surface area contributed by atoms with Crippen molar-refractivity contribution in [2.45, 2.75) is 13.5 Å². The van der Waals surface area contributed by atoms with Crippen LogP contribution in [0.4, 0.5) is 0 Å². The number of benzene rings is 1. The first-order valence-electron chi connectivity index (χ1n) is 6.34. The summed E-state index contributed by atoms with van der Waals surface area (Å²) < 4.78 is 31.7. The molecule has 0 aliphatic carbocycles. The average molecular weight is 223 g/mol. The van der Waals surface area contributed by atoms with Crippen molar-refractivity contribution in [3.8, 4) is 0 Å². The van der Waals surface area contributed by atoms with E-state index in [4.69, 9.17) is 8.85 Å². The molecule has 0 N–H and O–H groups in total. The van der Waals surface area contributed by atoms with E-state index in [1.807, 2.05) is 30.3 Å². The monoisotopic (exact) mass is 223 g/mol. The zero-order valence-electron chi connectivity index (χ0n) is 12.1. The van der Waals surface area contributed by atoms with Crippen LogP contribution in [-0.2, 0) is 20.9 Å². The van der Waals surface area contributed by atoms with Crippen LogP contribution in [0.1, 0.15) is 16.5 Å². The Balaban J connectivity index is 2.60. The number of hydrogen-bond donors (Lipinski definition) is 0. The van der Waals surface area contributed by atoms with Gasteiger partial charge in [0.15, 0.2) is 0 Å². The highest BCUT2D eigenvalue weighted by molar-refractivity contribution is 5.82. The predicted molar refractivity (Wildman–Crippen MR) is 61.9 cm³/mol. The summed E-state index contributed by atoms with van der Waals surface area (Å²) in [5.74, 6) is -0.700. The lowest BCUT2D eigenvalue weighted by molar-refractivity contribution is -0.134. The maximum Gasteiger partial charge on any atom is 0.330 e. The molecule has 0 aliphatic rings. The molecule has 0 fully saturated rings. The Morgan fingerprint density at radius 1 is 1.44 bits per heavy atom. The quantitative estimate of drug-likeness (QED) is 0.567. The third-order valence-corrected chi connectivity index (χ3v) is 1.86. The highest BCUT2D eigenvalue weighted by Gasteiger charge is 1.97. The summed E-state index contributed by atoms with van der Waals surface area (Å²) in [6.07, 6.45) is 0.956. The predicted octanol–water partition coefficient (Wildman–Crippen LogP) is 2.32. The van der Waals surface area contributed by atoms with Crippen molar-refractivity contribution in [1.29, 1.82) is 0 Å². The van der Waals surface area contributed by atoms with Crippen LogP contribution in [0.3, 0.4) is 0 Å². The van der Waals surface area contributed by atoms with Gasteiger partial charge in [-0.2, -0.15) is 0 Å². The molecule has 0 unspecified atom stereocenters. The molecule has 0 saturated heterocycles. The number of carbonyl (C=O) groups is 1. The molecular weight excluding hydrogens is 204 g/mol. The molecular formula is C13H16O3. The molecule has 0 saturated carbocycles. The van der Waals surface area contributed by atoms with Gasteiger partial charge in [-0.25, -0.2) is 4.79 Å². The number of carbonyl (C=O) groups excluding carboxylic acids is 1. The van der Waals surface area contributed by atoms with Crippen molar-refractivity contribution in [3.05, 3.63) is 47.5 Å². The Morgan fingerprint density at radius 2 is 2.19 bits per heavy atom. The fourth-order valence-electron chi connectivity index (χ4n) is 1.10. The highest BCUT2D eigenvalue weighted by atomic mass is 16.5. The SMILES string of the molecule is [2H]C([2H])([2H])/C(=C/C(=O)OC)COCc1ccccc1. The van der Waals surface area contributed by atoms with Gasteiger partial charge in [0.05, 0.1) is 20.3 Å². The van der Waals surface area contributed by atoms with Gasteiger partial charge in [0, 0.05) is 10.2 Å². The van der Waals surface area contributed by atoms with Gasteiger partial charge in [-0.1, -0.05) is 30.3 Å². The van der Waals surface area contributed by atoms with Crippen LogP contribution >= 0.6 is 0 Å². The van der Waals surface area contributed by atoms with Crippen molar-refractivity contribution >= 4 is 5.97 Å². The Bertz CT molecular complexity index is 438. The van der Waals surface area contributed by atoms with Crippen LogP contribution in [0.15, 0.2) is 42.0 Å². The third kappa shape index (κ3) is 4.75. The van der Waals surface area contributed by atoms with Crippen LogP contribution in [-0.4, -0.2) is 19.7 Å². The van der Waals surface area contributed by atoms with Gasteiger partial charge in [-0.15, -0.1) is 0 Å². The van der Waals surface area contributed by atoms with E-state index in [-0.39, 0.29) is 18.8 Å². The Morgan fingerprint density at radius 3 is 2.81 bits per heavy atom. The minimum atomic E-state index is -2.37. The van der Waals surface area contributed by atoms with Gasteiger partial charge in [-0.3, -0.25) is 0 Å². The van der Waals surface area contributed by atoms with Crippen LogP contribution in [0.5, 0.6) is 0 Å². The van der Waals surface area contributed by atoms with Crippen LogP contribution < -0.4 is 0 Å². The molecule has 3 nitrogen and oxygen atoms in total.